The fourth-order valence-corrected chi connectivity index (χ4v) is 4.51. The molecule has 1 saturated heterocycles. The first-order valence-electron chi connectivity index (χ1n) is 9.02. The van der Waals surface area contributed by atoms with Crippen LogP contribution in [0.25, 0.3) is 10.9 Å². The minimum Gasteiger partial charge on any atom is -0.392 e. The van der Waals surface area contributed by atoms with Gasteiger partial charge >= 0.3 is 0 Å². The van der Waals surface area contributed by atoms with Gasteiger partial charge in [-0.3, -0.25) is 4.98 Å². The van der Waals surface area contributed by atoms with Gasteiger partial charge in [0.25, 0.3) is 0 Å². The first-order valence-corrected chi connectivity index (χ1v) is 9.02. The van der Waals surface area contributed by atoms with Crippen LogP contribution in [0.15, 0.2) is 30.5 Å². The highest BCUT2D eigenvalue weighted by Gasteiger charge is 2.56. The van der Waals surface area contributed by atoms with E-state index in [0.717, 1.165) is 48.9 Å². The second-order valence-electron chi connectivity index (χ2n) is 7.07. The van der Waals surface area contributed by atoms with E-state index in [-0.39, 0.29) is 17.6 Å². The molecule has 5 heteroatoms. The Morgan fingerprint density at radius 3 is 2.80 bits per heavy atom. The standard InChI is InChI=1S/C20H23N3O2/c1-2-25-18-11-17(24)20(18)7-9-23(10-8-20)19-14(12-21)13-22-16-6-4-3-5-15(16)19/h3-6,13,17-18,24H,2,7-11H2,1H3/t17-,18-/m0/s1. The third-order valence-electron chi connectivity index (χ3n) is 5.99. The fraction of sp³-hybridized carbons (Fsp3) is 0.500. The third-order valence-corrected chi connectivity index (χ3v) is 5.99. The van der Waals surface area contributed by atoms with Gasteiger partial charge in [-0.05, 0) is 25.8 Å². The van der Waals surface area contributed by atoms with Crippen molar-refractivity contribution < 1.29 is 9.84 Å². The number of hydrogen-bond donors (Lipinski definition) is 1. The van der Waals surface area contributed by atoms with E-state index in [2.05, 4.69) is 16.0 Å². The summed E-state index contributed by atoms with van der Waals surface area (Å²) in [7, 11) is 0. The molecule has 2 aromatic rings. The highest BCUT2D eigenvalue weighted by molar-refractivity contribution is 5.94. The van der Waals surface area contributed by atoms with Crippen LogP contribution in [0.5, 0.6) is 0 Å². The predicted molar refractivity (Wildman–Crippen MR) is 96.4 cm³/mol. The Morgan fingerprint density at radius 2 is 2.12 bits per heavy atom. The van der Waals surface area contributed by atoms with Crippen molar-refractivity contribution in [2.45, 2.75) is 38.4 Å². The average Bonchev–Trinajstić information content (AvgIpc) is 2.67. The number of fused-ring (bicyclic) bond motifs is 1. The van der Waals surface area contributed by atoms with Gasteiger partial charge in [-0.25, -0.2) is 0 Å². The van der Waals surface area contributed by atoms with Gasteiger partial charge in [0.2, 0.25) is 0 Å². The van der Waals surface area contributed by atoms with Crippen molar-refractivity contribution in [1.29, 1.82) is 5.26 Å². The van der Waals surface area contributed by atoms with Crippen molar-refractivity contribution in [3.8, 4) is 6.07 Å². The number of nitriles is 1. The summed E-state index contributed by atoms with van der Waals surface area (Å²) in [5, 5.41) is 21.0. The molecule has 0 radical (unpaired) electrons. The Morgan fingerprint density at radius 1 is 1.36 bits per heavy atom. The Balaban J connectivity index is 1.63. The van der Waals surface area contributed by atoms with Crippen LogP contribution in [0, 0.1) is 16.7 Å². The third kappa shape index (κ3) is 2.48. The second kappa shape index (κ2) is 6.29. The molecular weight excluding hydrogens is 314 g/mol. The zero-order valence-corrected chi connectivity index (χ0v) is 14.5. The molecule has 1 aliphatic heterocycles. The maximum Gasteiger partial charge on any atom is 0.103 e. The van der Waals surface area contributed by atoms with Gasteiger partial charge in [0.15, 0.2) is 0 Å². The Hall–Kier alpha value is -2.16. The SMILES string of the molecule is CCO[C@H]1C[C@H](O)C12CCN(c1c(C#N)cnc3ccccc13)CC2. The van der Waals surface area contributed by atoms with Crippen LogP contribution in [0.3, 0.4) is 0 Å². The first-order chi connectivity index (χ1) is 12.2. The predicted octanol–water partition coefficient (Wildman–Crippen LogP) is 2.86. The topological polar surface area (TPSA) is 69.4 Å². The molecule has 0 bridgehead atoms. The molecule has 1 spiro atoms. The molecule has 1 aromatic carbocycles. The number of piperidine rings is 1. The summed E-state index contributed by atoms with van der Waals surface area (Å²) in [6.07, 6.45) is 4.09. The normalized spacial score (nSPS) is 24.9. The van der Waals surface area contributed by atoms with E-state index in [1.165, 1.54) is 0 Å². The van der Waals surface area contributed by atoms with E-state index in [9.17, 15) is 10.4 Å². The Labute approximate surface area is 147 Å². The summed E-state index contributed by atoms with van der Waals surface area (Å²) in [6.45, 7) is 4.35. The maximum atomic E-state index is 10.4. The molecule has 130 valence electrons. The quantitative estimate of drug-likeness (QED) is 0.933. The van der Waals surface area contributed by atoms with Crippen LogP contribution < -0.4 is 4.90 Å². The molecule has 5 nitrogen and oxygen atoms in total. The van der Waals surface area contributed by atoms with Crippen LogP contribution in [0.1, 0.15) is 31.7 Å². The number of para-hydroxylation sites is 1. The van der Waals surface area contributed by atoms with Gasteiger partial charge in [0.1, 0.15) is 6.07 Å². The van der Waals surface area contributed by atoms with Crippen LogP contribution in [-0.2, 0) is 4.74 Å². The van der Waals surface area contributed by atoms with Gasteiger partial charge in [-0.1, -0.05) is 18.2 Å². The minimum absolute atomic E-state index is 0.109. The molecule has 0 amide bonds. The van der Waals surface area contributed by atoms with Crippen molar-refractivity contribution in [2.24, 2.45) is 5.41 Å². The van der Waals surface area contributed by atoms with E-state index < -0.39 is 0 Å². The summed E-state index contributed by atoms with van der Waals surface area (Å²) in [6, 6.07) is 10.3. The van der Waals surface area contributed by atoms with Crippen molar-refractivity contribution >= 4 is 16.6 Å². The highest BCUT2D eigenvalue weighted by atomic mass is 16.5. The number of aliphatic hydroxyl groups excluding tert-OH is 1. The largest absolute Gasteiger partial charge is 0.392 e. The summed E-state index contributed by atoms with van der Waals surface area (Å²) in [4.78, 5) is 6.68. The maximum absolute atomic E-state index is 10.4. The van der Waals surface area contributed by atoms with E-state index in [1.807, 2.05) is 31.2 Å². The van der Waals surface area contributed by atoms with E-state index in [4.69, 9.17) is 4.74 Å². The molecule has 1 saturated carbocycles. The molecule has 2 heterocycles. The van der Waals surface area contributed by atoms with Crippen LogP contribution in [0.4, 0.5) is 5.69 Å². The lowest BCUT2D eigenvalue weighted by molar-refractivity contribution is -0.199. The number of hydrogen-bond acceptors (Lipinski definition) is 5. The lowest BCUT2D eigenvalue weighted by Gasteiger charge is -2.57. The molecule has 4 rings (SSSR count). The second-order valence-corrected chi connectivity index (χ2v) is 7.07. The van der Waals surface area contributed by atoms with E-state index in [1.54, 1.807) is 6.20 Å². The number of aliphatic hydroxyl groups is 1. The molecular formula is C20H23N3O2. The monoisotopic (exact) mass is 337 g/mol. The number of rotatable bonds is 3. The summed E-state index contributed by atoms with van der Waals surface area (Å²) < 4.78 is 5.86. The molecule has 1 N–H and O–H groups in total. The molecule has 2 aliphatic rings. The Kier molecular flexibility index (Phi) is 4.10. The summed E-state index contributed by atoms with van der Waals surface area (Å²) >= 11 is 0. The number of aromatic nitrogens is 1. The van der Waals surface area contributed by atoms with Gasteiger partial charge < -0.3 is 14.7 Å². The van der Waals surface area contributed by atoms with Crippen LogP contribution in [-0.4, -0.2) is 42.0 Å². The lowest BCUT2D eigenvalue weighted by Crippen LogP contribution is -2.62. The van der Waals surface area contributed by atoms with Crippen LogP contribution in [0.2, 0.25) is 0 Å². The first kappa shape index (κ1) is 16.3. The fourth-order valence-electron chi connectivity index (χ4n) is 4.51. The molecule has 0 unspecified atom stereocenters. The van der Waals surface area contributed by atoms with E-state index in [0.29, 0.717) is 12.2 Å². The number of anilines is 1. The lowest BCUT2D eigenvalue weighted by atomic mass is 9.58. The molecule has 1 aliphatic carbocycles. The minimum atomic E-state index is -0.268. The van der Waals surface area contributed by atoms with Gasteiger partial charge in [-0.15, -0.1) is 0 Å². The summed E-state index contributed by atoms with van der Waals surface area (Å²) in [5.41, 5.74) is 2.39. The smallest absolute Gasteiger partial charge is 0.103 e. The van der Waals surface area contributed by atoms with Crippen molar-refractivity contribution in [2.75, 3.05) is 24.6 Å². The molecule has 1 aromatic heterocycles. The number of ether oxygens (including phenoxy) is 1. The number of pyridine rings is 1. The number of nitrogens with zero attached hydrogens (tertiary/aromatic N) is 3. The van der Waals surface area contributed by atoms with Gasteiger partial charge in [0.05, 0.1) is 29.0 Å². The van der Waals surface area contributed by atoms with Crippen molar-refractivity contribution in [3.05, 3.63) is 36.0 Å². The highest BCUT2D eigenvalue weighted by Crippen LogP contribution is 2.51. The summed E-state index contributed by atoms with van der Waals surface area (Å²) in [5.74, 6) is 0. The zero-order chi connectivity index (χ0) is 17.4. The average molecular weight is 337 g/mol. The van der Waals surface area contributed by atoms with Crippen molar-refractivity contribution in [1.82, 2.24) is 4.98 Å². The van der Waals surface area contributed by atoms with Gasteiger partial charge in [-0.2, -0.15) is 5.26 Å². The van der Waals surface area contributed by atoms with Crippen molar-refractivity contribution in [3.63, 3.8) is 0 Å². The molecule has 25 heavy (non-hydrogen) atoms. The zero-order valence-electron chi connectivity index (χ0n) is 14.5. The number of benzene rings is 1. The molecule has 2 fully saturated rings. The molecule has 2 atom stereocenters. The van der Waals surface area contributed by atoms with Crippen LogP contribution >= 0.6 is 0 Å². The van der Waals surface area contributed by atoms with Gasteiger partial charge in [0, 0.05) is 43.1 Å². The Bertz CT molecular complexity index is 819. The van der Waals surface area contributed by atoms with E-state index >= 15 is 0 Å².